The van der Waals surface area contributed by atoms with E-state index in [1.54, 1.807) is 48.4 Å². The summed E-state index contributed by atoms with van der Waals surface area (Å²) in [4.78, 5) is 26.4. The average molecular weight is 418 g/mol. The Balaban J connectivity index is 2.04. The minimum Gasteiger partial charge on any atom is -0.497 e. The van der Waals surface area contributed by atoms with Gasteiger partial charge in [0.15, 0.2) is 0 Å². The molecule has 0 bridgehead atoms. The molecule has 156 valence electrons. The SMILES string of the molecule is COc1ccc(N(CCCNC(=O)CC(C)C)C(=O)Nc2cccc(Cl)c2)cc1. The fourth-order valence-corrected chi connectivity index (χ4v) is 2.97. The van der Waals surface area contributed by atoms with Gasteiger partial charge in [-0.1, -0.05) is 31.5 Å². The van der Waals surface area contributed by atoms with Gasteiger partial charge in [0.05, 0.1) is 7.11 Å². The standard InChI is InChI=1S/C22H28ClN3O3/c1-16(2)14-21(27)24-12-5-13-26(19-8-10-20(29-3)11-9-19)22(28)25-18-7-4-6-17(23)15-18/h4,6-11,15-16H,5,12-14H2,1-3H3,(H,24,27)(H,25,28). The molecule has 0 aromatic heterocycles. The largest absolute Gasteiger partial charge is 0.497 e. The quantitative estimate of drug-likeness (QED) is 0.567. The van der Waals surface area contributed by atoms with E-state index in [9.17, 15) is 9.59 Å². The number of carbonyl (C=O) groups excluding carboxylic acids is 2. The highest BCUT2D eigenvalue weighted by Gasteiger charge is 2.16. The molecule has 0 atom stereocenters. The first kappa shape index (κ1) is 22.6. The van der Waals surface area contributed by atoms with Crippen molar-refractivity contribution >= 4 is 34.9 Å². The van der Waals surface area contributed by atoms with Gasteiger partial charge in [-0.2, -0.15) is 0 Å². The highest BCUT2D eigenvalue weighted by Crippen LogP contribution is 2.21. The van der Waals surface area contributed by atoms with Crippen molar-refractivity contribution in [2.24, 2.45) is 5.92 Å². The van der Waals surface area contributed by atoms with Crippen LogP contribution >= 0.6 is 11.6 Å². The fourth-order valence-electron chi connectivity index (χ4n) is 2.78. The number of nitrogens with one attached hydrogen (secondary N) is 2. The Morgan fingerprint density at radius 2 is 1.86 bits per heavy atom. The molecule has 2 aromatic rings. The molecule has 7 heteroatoms. The predicted molar refractivity (Wildman–Crippen MR) is 118 cm³/mol. The summed E-state index contributed by atoms with van der Waals surface area (Å²) in [7, 11) is 1.60. The lowest BCUT2D eigenvalue weighted by Gasteiger charge is -2.24. The van der Waals surface area contributed by atoms with Crippen LogP contribution in [-0.2, 0) is 4.79 Å². The van der Waals surface area contributed by atoms with Crippen LogP contribution in [0.3, 0.4) is 0 Å². The van der Waals surface area contributed by atoms with Crippen molar-refractivity contribution in [3.63, 3.8) is 0 Å². The molecule has 0 aliphatic heterocycles. The monoisotopic (exact) mass is 417 g/mol. The van der Waals surface area contributed by atoms with Crippen LogP contribution in [0, 0.1) is 5.92 Å². The number of halogens is 1. The molecule has 6 nitrogen and oxygen atoms in total. The van der Waals surface area contributed by atoms with Gasteiger partial charge in [-0.05, 0) is 54.8 Å². The van der Waals surface area contributed by atoms with Crippen LogP contribution in [0.15, 0.2) is 48.5 Å². The molecule has 0 saturated carbocycles. The number of rotatable bonds is 9. The van der Waals surface area contributed by atoms with Crippen molar-refractivity contribution in [1.29, 1.82) is 0 Å². The molecule has 2 N–H and O–H groups in total. The molecule has 0 unspecified atom stereocenters. The minimum atomic E-state index is -0.272. The van der Waals surface area contributed by atoms with E-state index in [-0.39, 0.29) is 11.9 Å². The van der Waals surface area contributed by atoms with Crippen molar-refractivity contribution in [3.05, 3.63) is 53.6 Å². The zero-order valence-corrected chi connectivity index (χ0v) is 17.8. The number of hydrogen-bond acceptors (Lipinski definition) is 3. The highest BCUT2D eigenvalue weighted by atomic mass is 35.5. The third-order valence-corrected chi connectivity index (χ3v) is 4.41. The molecule has 0 fully saturated rings. The number of ether oxygens (including phenoxy) is 1. The van der Waals surface area contributed by atoms with E-state index in [2.05, 4.69) is 10.6 Å². The average Bonchev–Trinajstić information content (AvgIpc) is 2.67. The third kappa shape index (κ3) is 7.66. The summed E-state index contributed by atoms with van der Waals surface area (Å²) in [6.07, 6.45) is 1.12. The van der Waals surface area contributed by atoms with Gasteiger partial charge in [-0.25, -0.2) is 4.79 Å². The molecular weight excluding hydrogens is 390 g/mol. The highest BCUT2D eigenvalue weighted by molar-refractivity contribution is 6.30. The Hall–Kier alpha value is -2.73. The summed E-state index contributed by atoms with van der Waals surface area (Å²) < 4.78 is 5.19. The Kier molecular flexibility index (Phi) is 8.80. The molecule has 0 aliphatic rings. The second-order valence-electron chi connectivity index (χ2n) is 7.09. The van der Waals surface area contributed by atoms with E-state index >= 15 is 0 Å². The number of benzene rings is 2. The summed E-state index contributed by atoms with van der Waals surface area (Å²) in [5, 5.41) is 6.32. The summed E-state index contributed by atoms with van der Waals surface area (Å²) in [5.41, 5.74) is 1.35. The van der Waals surface area contributed by atoms with E-state index in [1.807, 2.05) is 26.0 Å². The molecule has 3 amide bonds. The molecule has 29 heavy (non-hydrogen) atoms. The number of carbonyl (C=O) groups is 2. The number of amides is 3. The van der Waals surface area contributed by atoms with Crippen LogP contribution in [-0.4, -0.2) is 32.1 Å². The van der Waals surface area contributed by atoms with Gasteiger partial charge in [-0.3, -0.25) is 9.69 Å². The lowest BCUT2D eigenvalue weighted by atomic mass is 10.1. The van der Waals surface area contributed by atoms with Crippen LogP contribution in [0.5, 0.6) is 5.75 Å². The fraction of sp³-hybridized carbons (Fsp3) is 0.364. The van der Waals surface area contributed by atoms with Crippen LogP contribution in [0.25, 0.3) is 0 Å². The van der Waals surface area contributed by atoms with Crippen molar-refractivity contribution in [2.75, 3.05) is 30.4 Å². The number of urea groups is 1. The number of methoxy groups -OCH3 is 1. The van der Waals surface area contributed by atoms with Crippen molar-refractivity contribution in [3.8, 4) is 5.75 Å². The summed E-state index contributed by atoms with van der Waals surface area (Å²) in [5.74, 6) is 1.05. The Morgan fingerprint density at radius 3 is 2.48 bits per heavy atom. The summed E-state index contributed by atoms with van der Waals surface area (Å²) >= 11 is 6.01. The van der Waals surface area contributed by atoms with E-state index in [0.29, 0.717) is 48.3 Å². The molecule has 0 aliphatic carbocycles. The lowest BCUT2D eigenvalue weighted by molar-refractivity contribution is -0.121. The predicted octanol–water partition coefficient (Wildman–Crippen LogP) is 4.94. The van der Waals surface area contributed by atoms with Gasteiger partial charge in [0.1, 0.15) is 5.75 Å². The van der Waals surface area contributed by atoms with Gasteiger partial charge >= 0.3 is 6.03 Å². The first-order valence-electron chi connectivity index (χ1n) is 9.64. The first-order valence-corrected chi connectivity index (χ1v) is 10.0. The first-order chi connectivity index (χ1) is 13.9. The molecule has 0 saturated heterocycles. The zero-order valence-electron chi connectivity index (χ0n) is 17.1. The van der Waals surface area contributed by atoms with Crippen LogP contribution in [0.4, 0.5) is 16.2 Å². The van der Waals surface area contributed by atoms with Gasteiger partial charge in [0.25, 0.3) is 0 Å². The molecule has 2 aromatic carbocycles. The maximum atomic E-state index is 12.9. The van der Waals surface area contributed by atoms with Gasteiger partial charge < -0.3 is 15.4 Å². The van der Waals surface area contributed by atoms with Crippen LogP contribution in [0.2, 0.25) is 5.02 Å². The second-order valence-corrected chi connectivity index (χ2v) is 7.53. The third-order valence-electron chi connectivity index (χ3n) is 4.18. The minimum absolute atomic E-state index is 0.0272. The van der Waals surface area contributed by atoms with Crippen LogP contribution < -0.4 is 20.3 Å². The number of nitrogens with zero attached hydrogens (tertiary/aromatic N) is 1. The number of anilines is 2. The van der Waals surface area contributed by atoms with Crippen LogP contribution in [0.1, 0.15) is 26.7 Å². The smallest absolute Gasteiger partial charge is 0.326 e. The second kappa shape index (κ2) is 11.3. The van der Waals surface area contributed by atoms with E-state index in [4.69, 9.17) is 16.3 Å². The maximum absolute atomic E-state index is 12.9. The summed E-state index contributed by atoms with van der Waals surface area (Å²) in [6, 6.07) is 14.0. The maximum Gasteiger partial charge on any atom is 0.326 e. The lowest BCUT2D eigenvalue weighted by Crippen LogP contribution is -2.37. The number of hydrogen-bond donors (Lipinski definition) is 2. The van der Waals surface area contributed by atoms with Gasteiger partial charge in [0, 0.05) is 35.9 Å². The molecule has 2 rings (SSSR count). The van der Waals surface area contributed by atoms with Gasteiger partial charge in [0.2, 0.25) is 5.91 Å². The van der Waals surface area contributed by atoms with Crippen molar-refractivity contribution < 1.29 is 14.3 Å². The van der Waals surface area contributed by atoms with E-state index in [0.717, 1.165) is 5.69 Å². The van der Waals surface area contributed by atoms with E-state index in [1.165, 1.54) is 0 Å². The normalized spacial score (nSPS) is 10.5. The van der Waals surface area contributed by atoms with Crippen molar-refractivity contribution in [2.45, 2.75) is 26.7 Å². The zero-order chi connectivity index (χ0) is 21.2. The Labute approximate surface area is 177 Å². The molecule has 0 heterocycles. The van der Waals surface area contributed by atoms with E-state index < -0.39 is 0 Å². The van der Waals surface area contributed by atoms with Crippen molar-refractivity contribution in [1.82, 2.24) is 5.32 Å². The molecular formula is C22H28ClN3O3. The molecule has 0 spiro atoms. The van der Waals surface area contributed by atoms with Gasteiger partial charge in [-0.15, -0.1) is 0 Å². The Bertz CT molecular complexity index is 809. The topological polar surface area (TPSA) is 70.7 Å². The molecule has 0 radical (unpaired) electrons. The summed E-state index contributed by atoms with van der Waals surface area (Å²) in [6.45, 7) is 4.96. The Morgan fingerprint density at radius 1 is 1.14 bits per heavy atom.